The molecule has 122 valence electrons. The van der Waals surface area contributed by atoms with Crippen molar-refractivity contribution < 1.29 is 9.59 Å². The van der Waals surface area contributed by atoms with Gasteiger partial charge in [0.1, 0.15) is 0 Å². The molecule has 0 spiro atoms. The Bertz CT molecular complexity index is 681. The van der Waals surface area contributed by atoms with Crippen LogP contribution < -0.4 is 10.6 Å². The van der Waals surface area contributed by atoms with Gasteiger partial charge in [-0.1, -0.05) is 6.07 Å². The van der Waals surface area contributed by atoms with E-state index in [1.807, 2.05) is 17.5 Å². The summed E-state index contributed by atoms with van der Waals surface area (Å²) in [5.74, 6) is -0.265. The molecular formula is C16H19N3O2S2. The van der Waals surface area contributed by atoms with E-state index in [1.54, 1.807) is 22.7 Å². The summed E-state index contributed by atoms with van der Waals surface area (Å²) in [4.78, 5) is 28.4. The van der Waals surface area contributed by atoms with Gasteiger partial charge in [-0.2, -0.15) is 0 Å². The normalized spacial score (nSPS) is 17.5. The molecular weight excluding hydrogens is 330 g/mol. The quantitative estimate of drug-likeness (QED) is 0.892. The summed E-state index contributed by atoms with van der Waals surface area (Å²) in [7, 11) is 0. The van der Waals surface area contributed by atoms with Crippen LogP contribution in [0.15, 0.2) is 29.0 Å². The second kappa shape index (κ2) is 7.25. The third-order valence-corrected chi connectivity index (χ3v) is 5.88. The zero-order valence-electron chi connectivity index (χ0n) is 12.9. The van der Waals surface area contributed by atoms with Crippen molar-refractivity contribution in [2.45, 2.75) is 25.9 Å². The highest BCUT2D eigenvalue weighted by atomic mass is 32.1. The number of carbonyl (C=O) groups is 2. The Morgan fingerprint density at radius 1 is 1.30 bits per heavy atom. The molecule has 0 unspecified atom stereocenters. The van der Waals surface area contributed by atoms with E-state index in [0.717, 1.165) is 17.8 Å². The highest BCUT2D eigenvalue weighted by Gasteiger charge is 2.26. The number of rotatable bonds is 4. The smallest absolute Gasteiger partial charge is 0.321 e. The van der Waals surface area contributed by atoms with Gasteiger partial charge in [0.2, 0.25) is 5.91 Å². The number of carbonyl (C=O) groups excluding carboxylic acids is 2. The lowest BCUT2D eigenvalue weighted by atomic mass is 10.0. The fourth-order valence-electron chi connectivity index (χ4n) is 2.75. The Balaban J connectivity index is 1.47. The molecule has 1 aliphatic rings. The van der Waals surface area contributed by atoms with Gasteiger partial charge < -0.3 is 5.32 Å². The number of fused-ring (bicyclic) bond motifs is 1. The highest BCUT2D eigenvalue weighted by molar-refractivity contribution is 7.10. The molecule has 0 radical (unpaired) electrons. The number of nitrogens with one attached hydrogen (secondary N) is 2. The summed E-state index contributed by atoms with van der Waals surface area (Å²) >= 11 is 3.35. The van der Waals surface area contributed by atoms with Crippen molar-refractivity contribution in [1.82, 2.24) is 15.5 Å². The summed E-state index contributed by atoms with van der Waals surface area (Å²) in [6.45, 7) is 3.63. The molecule has 7 heteroatoms. The molecule has 23 heavy (non-hydrogen) atoms. The third kappa shape index (κ3) is 3.99. The summed E-state index contributed by atoms with van der Waals surface area (Å²) < 4.78 is 0. The minimum Gasteiger partial charge on any atom is -0.333 e. The Hall–Kier alpha value is -1.70. The summed E-state index contributed by atoms with van der Waals surface area (Å²) in [5.41, 5.74) is 1.30. The maximum absolute atomic E-state index is 12.1. The van der Waals surface area contributed by atoms with Crippen LogP contribution in [0, 0.1) is 0 Å². The largest absolute Gasteiger partial charge is 0.333 e. The Kier molecular flexibility index (Phi) is 5.09. The van der Waals surface area contributed by atoms with Crippen molar-refractivity contribution in [1.29, 1.82) is 0 Å². The van der Waals surface area contributed by atoms with Crippen molar-refractivity contribution in [2.24, 2.45) is 0 Å². The highest BCUT2D eigenvalue weighted by Crippen LogP contribution is 2.32. The van der Waals surface area contributed by atoms with Crippen LogP contribution in [-0.2, 0) is 17.8 Å². The van der Waals surface area contributed by atoms with E-state index in [1.165, 1.54) is 10.4 Å². The molecule has 3 amide bonds. The van der Waals surface area contributed by atoms with E-state index < -0.39 is 6.03 Å². The van der Waals surface area contributed by atoms with Crippen LogP contribution in [-0.4, -0.2) is 29.9 Å². The molecule has 2 N–H and O–H groups in total. The summed E-state index contributed by atoms with van der Waals surface area (Å²) in [5, 5.41) is 9.16. The number of hydrogen-bond acceptors (Lipinski definition) is 5. The van der Waals surface area contributed by atoms with Gasteiger partial charge in [0.05, 0.1) is 13.1 Å². The first-order chi connectivity index (χ1) is 11.1. The molecule has 0 saturated heterocycles. The maximum Gasteiger partial charge on any atom is 0.321 e. The second-order valence-corrected chi connectivity index (χ2v) is 7.54. The number of nitrogens with zero attached hydrogens (tertiary/aromatic N) is 1. The monoisotopic (exact) mass is 349 g/mol. The first-order valence-electron chi connectivity index (χ1n) is 7.54. The number of imide groups is 1. The molecule has 0 saturated carbocycles. The third-order valence-electron chi connectivity index (χ3n) is 4.01. The molecule has 0 aromatic carbocycles. The van der Waals surface area contributed by atoms with Crippen LogP contribution in [0.3, 0.4) is 0 Å². The molecule has 2 aromatic rings. The van der Waals surface area contributed by atoms with Gasteiger partial charge in [-0.15, -0.1) is 22.7 Å². The fourth-order valence-corrected chi connectivity index (χ4v) is 4.36. The van der Waals surface area contributed by atoms with E-state index in [0.29, 0.717) is 6.54 Å². The lowest BCUT2D eigenvalue weighted by Crippen LogP contribution is -2.46. The molecule has 3 heterocycles. The first-order valence-corrected chi connectivity index (χ1v) is 9.30. The zero-order valence-corrected chi connectivity index (χ0v) is 14.5. The van der Waals surface area contributed by atoms with Gasteiger partial charge in [0, 0.05) is 22.3 Å². The molecule has 0 fully saturated rings. The van der Waals surface area contributed by atoms with E-state index in [4.69, 9.17) is 0 Å². The predicted molar refractivity (Wildman–Crippen MR) is 92.7 cm³/mol. The average molecular weight is 349 g/mol. The van der Waals surface area contributed by atoms with Crippen molar-refractivity contribution in [3.05, 3.63) is 44.3 Å². The topological polar surface area (TPSA) is 61.4 Å². The maximum atomic E-state index is 12.1. The average Bonchev–Trinajstić information content (AvgIpc) is 3.19. The van der Waals surface area contributed by atoms with Gasteiger partial charge in [-0.25, -0.2) is 4.79 Å². The Morgan fingerprint density at radius 3 is 2.96 bits per heavy atom. The van der Waals surface area contributed by atoms with E-state index in [2.05, 4.69) is 33.9 Å². The van der Waals surface area contributed by atoms with Gasteiger partial charge in [0.15, 0.2) is 0 Å². The van der Waals surface area contributed by atoms with Crippen LogP contribution in [0.4, 0.5) is 4.79 Å². The van der Waals surface area contributed by atoms with Crippen molar-refractivity contribution >= 4 is 34.6 Å². The van der Waals surface area contributed by atoms with Crippen LogP contribution in [0.2, 0.25) is 0 Å². The molecule has 2 aromatic heterocycles. The predicted octanol–water partition coefficient (Wildman–Crippen LogP) is 2.75. The van der Waals surface area contributed by atoms with Gasteiger partial charge in [0.25, 0.3) is 0 Å². The molecule has 0 aliphatic carbocycles. The lowest BCUT2D eigenvalue weighted by molar-refractivity contribution is -0.121. The SMILES string of the molecule is C[C@@H]1c2ccsc2CCN1CC(=O)NC(=O)NCc1cccs1. The van der Waals surface area contributed by atoms with Crippen LogP contribution in [0.25, 0.3) is 0 Å². The number of hydrogen-bond donors (Lipinski definition) is 2. The van der Waals surface area contributed by atoms with Gasteiger partial charge >= 0.3 is 6.03 Å². The molecule has 1 atom stereocenters. The Labute approximate surface area is 143 Å². The van der Waals surface area contributed by atoms with Crippen LogP contribution in [0.1, 0.15) is 28.3 Å². The van der Waals surface area contributed by atoms with E-state index in [-0.39, 0.29) is 18.5 Å². The number of amides is 3. The first kappa shape index (κ1) is 16.2. The number of urea groups is 1. The van der Waals surface area contributed by atoms with Crippen LogP contribution >= 0.6 is 22.7 Å². The standard InChI is InChI=1S/C16H19N3O2S2/c1-11-13-5-8-23-14(13)4-6-19(11)10-15(20)18-16(21)17-9-12-3-2-7-22-12/h2-3,5,7-8,11H,4,6,9-10H2,1H3,(H2,17,18,20,21)/t11-/m1/s1. The molecule has 3 rings (SSSR count). The van der Waals surface area contributed by atoms with Crippen LogP contribution in [0.5, 0.6) is 0 Å². The fraction of sp³-hybridized carbons (Fsp3) is 0.375. The van der Waals surface area contributed by atoms with Gasteiger partial charge in [-0.3, -0.25) is 15.0 Å². The van der Waals surface area contributed by atoms with Gasteiger partial charge in [-0.05, 0) is 41.8 Å². The molecule has 0 bridgehead atoms. The van der Waals surface area contributed by atoms with Crippen molar-refractivity contribution in [3.8, 4) is 0 Å². The molecule has 1 aliphatic heterocycles. The van der Waals surface area contributed by atoms with Crippen molar-refractivity contribution in [2.75, 3.05) is 13.1 Å². The minimum absolute atomic E-state index is 0.213. The Morgan fingerprint density at radius 2 is 2.17 bits per heavy atom. The summed E-state index contributed by atoms with van der Waals surface area (Å²) in [6.07, 6.45) is 0.967. The lowest BCUT2D eigenvalue weighted by Gasteiger charge is -2.32. The molecule has 5 nitrogen and oxygen atoms in total. The number of thiophene rings is 2. The van der Waals surface area contributed by atoms with E-state index >= 15 is 0 Å². The van der Waals surface area contributed by atoms with E-state index in [9.17, 15) is 9.59 Å². The second-order valence-electron chi connectivity index (χ2n) is 5.51. The minimum atomic E-state index is -0.440. The summed E-state index contributed by atoms with van der Waals surface area (Å²) in [6, 6.07) is 5.78. The zero-order chi connectivity index (χ0) is 16.2. The van der Waals surface area contributed by atoms with Crippen molar-refractivity contribution in [3.63, 3.8) is 0 Å².